The molecule has 0 N–H and O–H groups in total. The second-order valence-electron chi connectivity index (χ2n) is 3.25. The third-order valence-electron chi connectivity index (χ3n) is 2.29. The van der Waals surface area contributed by atoms with Gasteiger partial charge in [-0.25, -0.2) is 9.59 Å². The fourth-order valence-electron chi connectivity index (χ4n) is 1.59. The zero-order chi connectivity index (χ0) is 11.1. The predicted molar refractivity (Wildman–Crippen MR) is 56.3 cm³/mol. The zero-order valence-corrected chi connectivity index (χ0v) is 7.97. The van der Waals surface area contributed by atoms with Crippen LogP contribution in [-0.2, 0) is 0 Å². The fourth-order valence-corrected chi connectivity index (χ4v) is 1.59. The summed E-state index contributed by atoms with van der Waals surface area (Å²) in [5.74, 6) is -0.733. The molecule has 0 saturated carbocycles. The molecule has 0 fully saturated rings. The molecule has 3 aromatic rings. The van der Waals surface area contributed by atoms with Gasteiger partial charge in [0, 0.05) is 0 Å². The van der Waals surface area contributed by atoms with Crippen molar-refractivity contribution in [3.05, 3.63) is 51.4 Å². The minimum absolute atomic E-state index is 0.165. The van der Waals surface area contributed by atoms with E-state index in [0.29, 0.717) is 11.0 Å². The lowest BCUT2D eigenvalue weighted by Gasteiger charge is -1.98. The molecule has 0 atom stereocenters. The third kappa shape index (κ3) is 1.15. The van der Waals surface area contributed by atoms with Gasteiger partial charge in [0.1, 0.15) is 11.0 Å². The quantitative estimate of drug-likeness (QED) is 0.417. The summed E-state index contributed by atoms with van der Waals surface area (Å²) in [6.45, 7) is 0. The molecule has 2 heterocycles. The molecule has 0 saturated heterocycles. The molecule has 0 aliphatic carbocycles. The van der Waals surface area contributed by atoms with E-state index in [9.17, 15) is 9.59 Å². The van der Waals surface area contributed by atoms with Gasteiger partial charge in [-0.05, 0) is 12.1 Å². The number of para-hydroxylation sites is 1. The number of aromatic nitrogens is 1. The molecule has 16 heavy (non-hydrogen) atoms. The van der Waals surface area contributed by atoms with Gasteiger partial charge in [0.2, 0.25) is 0 Å². The molecular formula is C11H5NO4. The van der Waals surface area contributed by atoms with Crippen molar-refractivity contribution in [2.75, 3.05) is 0 Å². The minimum atomic E-state index is -0.733. The average molecular weight is 215 g/mol. The van der Waals surface area contributed by atoms with Gasteiger partial charge in [-0.15, -0.1) is 0 Å². The maximum absolute atomic E-state index is 11.5. The Kier molecular flexibility index (Phi) is 1.67. The van der Waals surface area contributed by atoms with E-state index < -0.39 is 11.4 Å². The Labute approximate surface area is 87.9 Å². The van der Waals surface area contributed by atoms with Crippen LogP contribution in [0.25, 0.3) is 21.9 Å². The van der Waals surface area contributed by atoms with Crippen LogP contribution >= 0.6 is 0 Å². The summed E-state index contributed by atoms with van der Waals surface area (Å²) in [6, 6.07) is 6.85. The Morgan fingerprint density at radius 2 is 1.81 bits per heavy atom. The van der Waals surface area contributed by atoms with Crippen molar-refractivity contribution in [1.29, 1.82) is 0 Å². The zero-order valence-electron chi connectivity index (χ0n) is 7.97. The molecule has 0 aliphatic rings. The summed E-state index contributed by atoms with van der Waals surface area (Å²) in [4.78, 5) is 26.0. The van der Waals surface area contributed by atoms with Crippen molar-refractivity contribution < 1.29 is 8.83 Å². The summed E-state index contributed by atoms with van der Waals surface area (Å²) in [5.41, 5.74) is 0.0335. The number of nitrogens with zero attached hydrogens (tertiary/aromatic N) is 1. The lowest BCUT2D eigenvalue weighted by molar-refractivity contribution is 0.521. The van der Waals surface area contributed by atoms with Gasteiger partial charge in [-0.1, -0.05) is 12.1 Å². The van der Waals surface area contributed by atoms with Gasteiger partial charge < -0.3 is 8.83 Å². The van der Waals surface area contributed by atoms with Crippen molar-refractivity contribution in [2.45, 2.75) is 0 Å². The molecule has 2 aromatic heterocycles. The first-order valence-corrected chi connectivity index (χ1v) is 4.57. The highest BCUT2D eigenvalue weighted by atomic mass is 16.4. The number of fused-ring (bicyclic) bond motifs is 3. The third-order valence-corrected chi connectivity index (χ3v) is 2.29. The standard InChI is InChI=1S/C11H5NO4/c13-10-7-5-12-11(14)16-9(7)6-3-1-2-4-8(6)15-10/h1-5H. The van der Waals surface area contributed by atoms with Crippen LogP contribution < -0.4 is 11.4 Å². The fraction of sp³-hybridized carbons (Fsp3) is 0. The Hall–Kier alpha value is -2.43. The van der Waals surface area contributed by atoms with Gasteiger partial charge in [0.15, 0.2) is 5.58 Å². The van der Waals surface area contributed by atoms with Gasteiger partial charge in [-0.2, -0.15) is 4.98 Å². The molecule has 78 valence electrons. The van der Waals surface area contributed by atoms with Crippen molar-refractivity contribution in [3.63, 3.8) is 0 Å². The largest absolute Gasteiger partial charge is 0.439 e. The smallest absolute Gasteiger partial charge is 0.422 e. The molecule has 0 amide bonds. The molecule has 1 aromatic carbocycles. The summed E-state index contributed by atoms with van der Waals surface area (Å²) < 4.78 is 9.99. The topological polar surface area (TPSA) is 73.3 Å². The Bertz CT molecular complexity index is 800. The highest BCUT2D eigenvalue weighted by molar-refractivity contribution is 5.99. The van der Waals surface area contributed by atoms with E-state index in [1.807, 2.05) is 0 Å². The number of hydrogen-bond donors (Lipinski definition) is 0. The lowest BCUT2D eigenvalue weighted by atomic mass is 10.2. The van der Waals surface area contributed by atoms with Gasteiger partial charge in [0.25, 0.3) is 0 Å². The van der Waals surface area contributed by atoms with Crippen LogP contribution in [-0.4, -0.2) is 4.98 Å². The summed E-state index contributed by atoms with van der Waals surface area (Å²) in [6.07, 6.45) is 1.17. The maximum atomic E-state index is 11.5. The SMILES string of the molecule is O=c1ncc2c(=O)oc3ccccc3c2o1. The average Bonchev–Trinajstić information content (AvgIpc) is 2.29. The van der Waals surface area contributed by atoms with Crippen molar-refractivity contribution in [3.8, 4) is 0 Å². The minimum Gasteiger partial charge on any atom is -0.422 e. The molecular weight excluding hydrogens is 210 g/mol. The monoisotopic (exact) mass is 215 g/mol. The van der Waals surface area contributed by atoms with E-state index in [1.54, 1.807) is 24.3 Å². The van der Waals surface area contributed by atoms with Crippen molar-refractivity contribution >= 4 is 21.9 Å². The van der Waals surface area contributed by atoms with Crippen LogP contribution in [0.2, 0.25) is 0 Å². The van der Waals surface area contributed by atoms with Crippen LogP contribution in [0.5, 0.6) is 0 Å². The van der Waals surface area contributed by atoms with Gasteiger partial charge >= 0.3 is 11.4 Å². The summed E-state index contributed by atoms with van der Waals surface area (Å²) in [5, 5.41) is 0.745. The Morgan fingerprint density at radius 1 is 1.00 bits per heavy atom. The van der Waals surface area contributed by atoms with E-state index in [0.717, 1.165) is 0 Å². The molecule has 0 bridgehead atoms. The van der Waals surface area contributed by atoms with E-state index >= 15 is 0 Å². The number of benzene rings is 1. The van der Waals surface area contributed by atoms with E-state index in [2.05, 4.69) is 4.98 Å². The first-order valence-electron chi connectivity index (χ1n) is 4.57. The van der Waals surface area contributed by atoms with Crippen LogP contribution in [0, 0.1) is 0 Å². The maximum Gasteiger partial charge on any atom is 0.439 e. The molecule has 5 nitrogen and oxygen atoms in total. The molecule has 0 radical (unpaired) electrons. The first kappa shape index (κ1) is 8.84. The van der Waals surface area contributed by atoms with E-state index in [-0.39, 0.29) is 11.0 Å². The van der Waals surface area contributed by atoms with Crippen LogP contribution in [0.15, 0.2) is 48.9 Å². The second kappa shape index (κ2) is 3.03. The highest BCUT2D eigenvalue weighted by Crippen LogP contribution is 2.20. The van der Waals surface area contributed by atoms with E-state index in [1.165, 1.54) is 6.20 Å². The summed E-state index contributed by atoms with van der Waals surface area (Å²) in [7, 11) is 0. The van der Waals surface area contributed by atoms with Crippen molar-refractivity contribution in [2.24, 2.45) is 0 Å². The van der Waals surface area contributed by atoms with Crippen molar-refractivity contribution in [1.82, 2.24) is 4.98 Å². The molecule has 0 aliphatic heterocycles. The first-order chi connectivity index (χ1) is 7.75. The highest BCUT2D eigenvalue weighted by Gasteiger charge is 2.09. The molecule has 5 heteroatoms. The Morgan fingerprint density at radius 3 is 2.69 bits per heavy atom. The number of rotatable bonds is 0. The lowest BCUT2D eigenvalue weighted by Crippen LogP contribution is -2.07. The predicted octanol–water partition coefficient (Wildman–Crippen LogP) is 1.29. The van der Waals surface area contributed by atoms with Crippen LogP contribution in [0.1, 0.15) is 0 Å². The van der Waals surface area contributed by atoms with E-state index in [4.69, 9.17) is 8.83 Å². The van der Waals surface area contributed by atoms with Gasteiger partial charge in [-0.3, -0.25) is 0 Å². The van der Waals surface area contributed by atoms with Gasteiger partial charge in [0.05, 0.1) is 11.6 Å². The molecule has 0 spiro atoms. The molecule has 3 rings (SSSR count). The van der Waals surface area contributed by atoms with Crippen LogP contribution in [0.3, 0.4) is 0 Å². The second-order valence-corrected chi connectivity index (χ2v) is 3.25. The number of hydrogen-bond acceptors (Lipinski definition) is 5. The Balaban J connectivity index is 2.72. The van der Waals surface area contributed by atoms with Crippen LogP contribution in [0.4, 0.5) is 0 Å². The normalized spacial score (nSPS) is 11.0. The summed E-state index contributed by atoms with van der Waals surface area (Å²) >= 11 is 0. The molecule has 0 unspecified atom stereocenters.